The number of anilines is 3. The molecule has 0 saturated carbocycles. The minimum Gasteiger partial charge on any atom is -0.430 e. The van der Waals surface area contributed by atoms with E-state index in [2.05, 4.69) is 144 Å². The summed E-state index contributed by atoms with van der Waals surface area (Å²) in [7, 11) is 0.524. The molecule has 5 aromatic carbocycles. The van der Waals surface area contributed by atoms with Crippen LogP contribution < -0.4 is 15.3 Å². The lowest BCUT2D eigenvalue weighted by Crippen LogP contribution is -2.48. The SMILES string of the molecule is Cc1cc(C)n(-c2coc3oc(N(c4ccccc4)c4nc5c(ccc6c7ccccc7n([Si](c7ccccc7)c7ccccc7)c65)n4C)nc23)c1. The van der Waals surface area contributed by atoms with Gasteiger partial charge in [0.1, 0.15) is 17.5 Å². The van der Waals surface area contributed by atoms with Gasteiger partial charge in [-0.3, -0.25) is 0 Å². The van der Waals surface area contributed by atoms with Crippen LogP contribution in [0.25, 0.3) is 49.8 Å². The summed E-state index contributed by atoms with van der Waals surface area (Å²) >= 11 is 0. The van der Waals surface area contributed by atoms with Crippen LogP contribution in [0, 0.1) is 13.8 Å². The molecule has 0 spiro atoms. The number of para-hydroxylation sites is 2. The van der Waals surface area contributed by atoms with Crippen molar-refractivity contribution in [2.75, 3.05) is 4.90 Å². The van der Waals surface area contributed by atoms with Gasteiger partial charge in [-0.2, -0.15) is 4.98 Å². The maximum Gasteiger partial charge on any atom is 0.321 e. The molecule has 251 valence electrons. The Morgan fingerprint density at radius 3 is 2.04 bits per heavy atom. The Bertz CT molecular complexity index is 2860. The van der Waals surface area contributed by atoms with E-state index in [1.807, 2.05) is 35.2 Å². The summed E-state index contributed by atoms with van der Waals surface area (Å²) in [4.78, 5) is 12.6. The summed E-state index contributed by atoms with van der Waals surface area (Å²) in [5.74, 6) is 1.04. The number of oxazole rings is 1. The highest BCUT2D eigenvalue weighted by atomic mass is 28.3. The van der Waals surface area contributed by atoms with Gasteiger partial charge in [-0.1, -0.05) is 97.1 Å². The van der Waals surface area contributed by atoms with Gasteiger partial charge in [0.15, 0.2) is 5.52 Å². The molecule has 0 N–H and O–H groups in total. The van der Waals surface area contributed by atoms with Crippen molar-refractivity contribution in [3.8, 4) is 5.69 Å². The summed E-state index contributed by atoms with van der Waals surface area (Å²) < 4.78 is 19.2. The van der Waals surface area contributed by atoms with E-state index in [0.29, 0.717) is 23.3 Å². The van der Waals surface area contributed by atoms with E-state index in [9.17, 15) is 0 Å². The fourth-order valence-electron chi connectivity index (χ4n) is 7.60. The molecule has 8 nitrogen and oxygen atoms in total. The third-order valence-corrected chi connectivity index (χ3v) is 12.6. The Hall–Kier alpha value is -6.58. The zero-order valence-corrected chi connectivity index (χ0v) is 29.9. The number of benzene rings is 5. The first kappa shape index (κ1) is 30.3. The molecule has 5 heterocycles. The molecule has 0 fully saturated rings. The van der Waals surface area contributed by atoms with E-state index in [4.69, 9.17) is 18.8 Å². The second-order valence-electron chi connectivity index (χ2n) is 13.2. The maximum absolute atomic E-state index is 6.43. The molecule has 9 heteroatoms. The fraction of sp³-hybridized carbons (Fsp3) is 0.0698. The van der Waals surface area contributed by atoms with Crippen LogP contribution in [0.3, 0.4) is 0 Å². The number of hydrogen-bond acceptors (Lipinski definition) is 5. The fourth-order valence-corrected chi connectivity index (χ4v) is 10.4. The van der Waals surface area contributed by atoms with E-state index in [-0.39, 0.29) is 0 Å². The average Bonchev–Trinajstić information content (AvgIpc) is 3.99. The second-order valence-corrected chi connectivity index (χ2v) is 15.5. The molecule has 0 saturated heterocycles. The number of aryl methyl sites for hydroxylation is 3. The van der Waals surface area contributed by atoms with Crippen molar-refractivity contribution in [1.29, 1.82) is 0 Å². The van der Waals surface area contributed by atoms with E-state index in [1.165, 1.54) is 26.7 Å². The van der Waals surface area contributed by atoms with Gasteiger partial charge in [0, 0.05) is 35.2 Å². The molecule has 1 radical (unpaired) electrons. The van der Waals surface area contributed by atoms with E-state index in [1.54, 1.807) is 6.26 Å². The molecular formula is C43H33N6O2Si. The van der Waals surface area contributed by atoms with E-state index < -0.39 is 8.96 Å². The number of aromatic nitrogens is 5. The van der Waals surface area contributed by atoms with Gasteiger partial charge in [-0.05, 0) is 66.2 Å². The van der Waals surface area contributed by atoms with Gasteiger partial charge in [0.25, 0.3) is 0 Å². The maximum atomic E-state index is 6.43. The molecule has 0 aliphatic rings. The van der Waals surface area contributed by atoms with Gasteiger partial charge >= 0.3 is 11.8 Å². The van der Waals surface area contributed by atoms with Crippen LogP contribution in [0.5, 0.6) is 0 Å². The van der Waals surface area contributed by atoms with Gasteiger partial charge in [-0.15, -0.1) is 0 Å². The summed E-state index contributed by atoms with van der Waals surface area (Å²) in [6.45, 7) is 4.16. The van der Waals surface area contributed by atoms with Crippen LogP contribution in [0.4, 0.5) is 17.7 Å². The van der Waals surface area contributed by atoms with Crippen molar-refractivity contribution in [1.82, 2.24) is 23.3 Å². The lowest BCUT2D eigenvalue weighted by Gasteiger charge is -2.20. The first-order valence-corrected chi connectivity index (χ1v) is 18.8. The van der Waals surface area contributed by atoms with Crippen molar-refractivity contribution in [3.63, 3.8) is 0 Å². The normalized spacial score (nSPS) is 11.9. The molecule has 0 unspecified atom stereocenters. The van der Waals surface area contributed by atoms with Crippen molar-refractivity contribution < 1.29 is 8.83 Å². The highest BCUT2D eigenvalue weighted by Crippen LogP contribution is 2.41. The molecular weight excluding hydrogens is 661 g/mol. The van der Waals surface area contributed by atoms with E-state index >= 15 is 0 Å². The smallest absolute Gasteiger partial charge is 0.321 e. The highest BCUT2D eigenvalue weighted by molar-refractivity contribution is 6.85. The molecule has 10 aromatic rings. The molecule has 52 heavy (non-hydrogen) atoms. The average molecular weight is 694 g/mol. The Morgan fingerprint density at radius 1 is 0.673 bits per heavy atom. The van der Waals surface area contributed by atoms with Crippen molar-refractivity contribution in [3.05, 3.63) is 157 Å². The van der Waals surface area contributed by atoms with Gasteiger partial charge < -0.3 is 22.2 Å². The van der Waals surface area contributed by atoms with Crippen molar-refractivity contribution in [2.45, 2.75) is 13.8 Å². The molecule has 10 rings (SSSR count). The minimum atomic E-state index is -1.54. The Labute approximate surface area is 301 Å². The largest absolute Gasteiger partial charge is 0.430 e. The third-order valence-electron chi connectivity index (χ3n) is 9.90. The lowest BCUT2D eigenvalue weighted by atomic mass is 10.1. The summed E-state index contributed by atoms with van der Waals surface area (Å²) in [6.07, 6.45) is 3.78. The lowest BCUT2D eigenvalue weighted by molar-refractivity contribution is 0.477. The summed E-state index contributed by atoms with van der Waals surface area (Å²) in [5, 5.41) is 4.97. The molecule has 5 aromatic heterocycles. The summed E-state index contributed by atoms with van der Waals surface area (Å²) in [6, 6.07) is 47.5. The van der Waals surface area contributed by atoms with Crippen LogP contribution in [0.15, 0.2) is 155 Å². The van der Waals surface area contributed by atoms with Crippen LogP contribution in [-0.2, 0) is 7.05 Å². The number of fused-ring (bicyclic) bond motifs is 6. The number of rotatable bonds is 7. The Balaban J connectivity index is 1.24. The number of furan rings is 1. The van der Waals surface area contributed by atoms with Crippen LogP contribution >= 0.6 is 0 Å². The highest BCUT2D eigenvalue weighted by Gasteiger charge is 2.30. The van der Waals surface area contributed by atoms with Crippen molar-refractivity contribution >= 4 is 81.1 Å². The zero-order chi connectivity index (χ0) is 34.9. The molecule has 0 aliphatic carbocycles. The molecule has 0 atom stereocenters. The van der Waals surface area contributed by atoms with Crippen LogP contribution in [-0.4, -0.2) is 32.3 Å². The molecule has 0 aliphatic heterocycles. The predicted octanol–water partition coefficient (Wildman–Crippen LogP) is 8.95. The van der Waals surface area contributed by atoms with Crippen LogP contribution in [0.2, 0.25) is 0 Å². The van der Waals surface area contributed by atoms with Crippen molar-refractivity contribution in [2.24, 2.45) is 7.05 Å². The topological polar surface area (TPSA) is 70.1 Å². The first-order valence-electron chi connectivity index (χ1n) is 17.3. The quantitative estimate of drug-likeness (QED) is 0.156. The number of nitrogens with zero attached hydrogens (tertiary/aromatic N) is 6. The van der Waals surface area contributed by atoms with Gasteiger partial charge in [-0.25, -0.2) is 9.88 Å². The number of imidazole rings is 1. The zero-order valence-electron chi connectivity index (χ0n) is 28.9. The molecule has 0 amide bonds. The Kier molecular flexibility index (Phi) is 6.84. The third kappa shape index (κ3) is 4.59. The predicted molar refractivity (Wildman–Crippen MR) is 210 cm³/mol. The van der Waals surface area contributed by atoms with E-state index in [0.717, 1.165) is 39.2 Å². The standard InChI is InChI=1S/C43H33N6O2Si/c1-28-25-29(2)47(26-28)37-27-50-41-39(37)45-43(51-41)48(30-15-7-4-8-16-30)42-44-38-36(46(42)3)24-23-34-33-21-13-14-22-35(33)49(40(34)38)52(31-17-9-5-10-18-31)32-19-11-6-12-20-32/h4-27H,1-3H3. The molecule has 0 bridgehead atoms. The number of hydrogen-bond donors (Lipinski definition) is 0. The Morgan fingerprint density at radius 2 is 1.35 bits per heavy atom. The van der Waals surface area contributed by atoms with Crippen LogP contribution in [0.1, 0.15) is 11.3 Å². The van der Waals surface area contributed by atoms with Gasteiger partial charge in [0.2, 0.25) is 14.9 Å². The van der Waals surface area contributed by atoms with Gasteiger partial charge in [0.05, 0.1) is 16.7 Å². The second kappa shape index (κ2) is 11.7. The monoisotopic (exact) mass is 693 g/mol. The summed E-state index contributed by atoms with van der Waals surface area (Å²) in [5.41, 5.74) is 8.81. The first-order chi connectivity index (χ1) is 25.5. The minimum absolute atomic E-state index is 0.357.